The van der Waals surface area contributed by atoms with Gasteiger partial charge in [-0.25, -0.2) is 0 Å². The molecule has 0 aromatic heterocycles. The fourth-order valence-corrected chi connectivity index (χ4v) is 1.34. The van der Waals surface area contributed by atoms with Crippen molar-refractivity contribution in [3.63, 3.8) is 0 Å². The van der Waals surface area contributed by atoms with Crippen LogP contribution in [0.2, 0.25) is 0 Å². The second kappa shape index (κ2) is 7.12. The van der Waals surface area contributed by atoms with Crippen LogP contribution in [0.4, 0.5) is 0 Å². The lowest BCUT2D eigenvalue weighted by atomic mass is 10.2. The van der Waals surface area contributed by atoms with E-state index in [1.807, 2.05) is 0 Å². The first-order valence-electron chi connectivity index (χ1n) is 4.80. The highest BCUT2D eigenvalue weighted by atomic mass is 15.1. The molecule has 0 aromatic carbocycles. The number of nitriles is 1. The minimum Gasteiger partial charge on any atom is -0.302 e. The summed E-state index contributed by atoms with van der Waals surface area (Å²) in [6, 6.07) is 2.19. The molecule has 0 radical (unpaired) electrons. The van der Waals surface area contributed by atoms with Gasteiger partial charge in [-0.05, 0) is 18.9 Å². The lowest BCUT2D eigenvalue weighted by Crippen LogP contribution is -2.29. The lowest BCUT2D eigenvalue weighted by molar-refractivity contribution is 0.250. The molecular formula is C10H20N2. The van der Waals surface area contributed by atoms with Crippen molar-refractivity contribution in [1.29, 1.82) is 5.26 Å². The van der Waals surface area contributed by atoms with Crippen LogP contribution in [0.25, 0.3) is 0 Å². The number of hydrogen-bond acceptors (Lipinski definition) is 2. The zero-order chi connectivity index (χ0) is 9.40. The SMILES string of the molecule is CCCN(CCC#N)CC(C)C. The highest BCUT2D eigenvalue weighted by Crippen LogP contribution is 2.00. The van der Waals surface area contributed by atoms with Gasteiger partial charge in [-0.2, -0.15) is 5.26 Å². The molecule has 0 saturated carbocycles. The van der Waals surface area contributed by atoms with Crippen molar-refractivity contribution in [2.45, 2.75) is 33.6 Å². The van der Waals surface area contributed by atoms with Crippen molar-refractivity contribution < 1.29 is 0 Å². The summed E-state index contributed by atoms with van der Waals surface area (Å²) in [6.07, 6.45) is 1.84. The average Bonchev–Trinajstić information content (AvgIpc) is 2.00. The van der Waals surface area contributed by atoms with Crippen LogP contribution in [-0.2, 0) is 0 Å². The Labute approximate surface area is 76.2 Å². The third-order valence-electron chi connectivity index (χ3n) is 1.70. The van der Waals surface area contributed by atoms with Crippen LogP contribution in [0.15, 0.2) is 0 Å². The monoisotopic (exact) mass is 168 g/mol. The second-order valence-electron chi connectivity index (χ2n) is 3.60. The summed E-state index contributed by atoms with van der Waals surface area (Å²) in [6.45, 7) is 9.79. The molecule has 70 valence electrons. The van der Waals surface area contributed by atoms with Gasteiger partial charge >= 0.3 is 0 Å². The topological polar surface area (TPSA) is 27.0 Å². The van der Waals surface area contributed by atoms with E-state index < -0.39 is 0 Å². The predicted octanol–water partition coefficient (Wildman–Crippen LogP) is 2.27. The van der Waals surface area contributed by atoms with E-state index in [1.54, 1.807) is 0 Å². The van der Waals surface area contributed by atoms with Crippen molar-refractivity contribution >= 4 is 0 Å². The molecule has 2 heteroatoms. The standard InChI is InChI=1S/C10H20N2/c1-4-7-12(8-5-6-11)9-10(2)3/h10H,4-5,7-9H2,1-3H3. The van der Waals surface area contributed by atoms with Crippen LogP contribution in [0, 0.1) is 17.2 Å². The molecule has 0 saturated heterocycles. The first-order chi connectivity index (χ1) is 5.70. The van der Waals surface area contributed by atoms with Gasteiger partial charge < -0.3 is 4.90 Å². The summed E-state index contributed by atoms with van der Waals surface area (Å²) in [4.78, 5) is 2.37. The van der Waals surface area contributed by atoms with Crippen LogP contribution in [0.5, 0.6) is 0 Å². The van der Waals surface area contributed by atoms with E-state index in [4.69, 9.17) is 5.26 Å². The minimum absolute atomic E-state index is 0.659. The Morgan fingerprint density at radius 2 is 2.00 bits per heavy atom. The van der Waals surface area contributed by atoms with Gasteiger partial charge in [0.05, 0.1) is 6.07 Å². The molecule has 0 amide bonds. The van der Waals surface area contributed by atoms with E-state index in [2.05, 4.69) is 31.7 Å². The van der Waals surface area contributed by atoms with E-state index in [0.717, 1.165) is 19.6 Å². The van der Waals surface area contributed by atoms with E-state index in [-0.39, 0.29) is 0 Å². The first-order valence-corrected chi connectivity index (χ1v) is 4.80. The molecule has 0 atom stereocenters. The van der Waals surface area contributed by atoms with Crippen molar-refractivity contribution in [2.75, 3.05) is 19.6 Å². The maximum atomic E-state index is 8.44. The Hall–Kier alpha value is -0.550. The van der Waals surface area contributed by atoms with Gasteiger partial charge in [0.1, 0.15) is 0 Å². The summed E-state index contributed by atoms with van der Waals surface area (Å²) >= 11 is 0. The van der Waals surface area contributed by atoms with Gasteiger partial charge in [-0.15, -0.1) is 0 Å². The van der Waals surface area contributed by atoms with Gasteiger partial charge in [0, 0.05) is 19.5 Å². The van der Waals surface area contributed by atoms with Crippen LogP contribution < -0.4 is 0 Å². The van der Waals surface area contributed by atoms with Crippen LogP contribution >= 0.6 is 0 Å². The molecule has 0 fully saturated rings. The normalized spacial score (nSPS) is 10.7. The van der Waals surface area contributed by atoms with Crippen molar-refractivity contribution in [3.05, 3.63) is 0 Å². The largest absolute Gasteiger partial charge is 0.302 e. The molecule has 0 rings (SSSR count). The summed E-state index contributed by atoms with van der Waals surface area (Å²) in [7, 11) is 0. The van der Waals surface area contributed by atoms with Crippen LogP contribution in [0.1, 0.15) is 33.6 Å². The van der Waals surface area contributed by atoms with Gasteiger partial charge in [0.25, 0.3) is 0 Å². The van der Waals surface area contributed by atoms with Crippen LogP contribution in [0.3, 0.4) is 0 Å². The van der Waals surface area contributed by atoms with Gasteiger partial charge in [-0.3, -0.25) is 0 Å². The van der Waals surface area contributed by atoms with E-state index >= 15 is 0 Å². The van der Waals surface area contributed by atoms with Crippen molar-refractivity contribution in [3.8, 4) is 6.07 Å². The molecule has 0 N–H and O–H groups in total. The Morgan fingerprint density at radius 1 is 1.33 bits per heavy atom. The van der Waals surface area contributed by atoms with Gasteiger partial charge in [-0.1, -0.05) is 20.8 Å². The summed E-state index contributed by atoms with van der Waals surface area (Å²) in [5, 5.41) is 8.44. The minimum atomic E-state index is 0.659. The maximum absolute atomic E-state index is 8.44. The Kier molecular flexibility index (Phi) is 6.79. The fraction of sp³-hybridized carbons (Fsp3) is 0.900. The summed E-state index contributed by atoms with van der Waals surface area (Å²) in [5.74, 6) is 0.704. The second-order valence-corrected chi connectivity index (χ2v) is 3.60. The third-order valence-corrected chi connectivity index (χ3v) is 1.70. The smallest absolute Gasteiger partial charge is 0.0635 e. The molecular weight excluding hydrogens is 148 g/mol. The molecule has 0 aliphatic heterocycles. The van der Waals surface area contributed by atoms with Crippen molar-refractivity contribution in [1.82, 2.24) is 4.90 Å². The van der Waals surface area contributed by atoms with E-state index in [9.17, 15) is 0 Å². The number of hydrogen-bond donors (Lipinski definition) is 0. The molecule has 0 spiro atoms. The van der Waals surface area contributed by atoms with E-state index in [0.29, 0.717) is 12.3 Å². The highest BCUT2D eigenvalue weighted by Gasteiger charge is 2.04. The van der Waals surface area contributed by atoms with Gasteiger partial charge in [0.15, 0.2) is 0 Å². The Bertz CT molecular complexity index is 135. The third kappa shape index (κ3) is 6.18. The zero-order valence-corrected chi connectivity index (χ0v) is 8.51. The number of rotatable bonds is 6. The zero-order valence-electron chi connectivity index (χ0n) is 8.51. The Morgan fingerprint density at radius 3 is 2.42 bits per heavy atom. The first kappa shape index (κ1) is 11.4. The maximum Gasteiger partial charge on any atom is 0.0635 e. The van der Waals surface area contributed by atoms with Crippen molar-refractivity contribution in [2.24, 2.45) is 5.92 Å². The molecule has 2 nitrogen and oxygen atoms in total. The molecule has 0 aliphatic carbocycles. The highest BCUT2D eigenvalue weighted by molar-refractivity contribution is 4.72. The Balaban J connectivity index is 3.63. The molecule has 0 aliphatic rings. The predicted molar refractivity (Wildman–Crippen MR) is 51.8 cm³/mol. The summed E-state index contributed by atoms with van der Waals surface area (Å²) < 4.78 is 0. The molecule has 0 aromatic rings. The quantitative estimate of drug-likeness (QED) is 0.608. The number of nitrogens with zero attached hydrogens (tertiary/aromatic N) is 2. The molecule has 0 unspecified atom stereocenters. The molecule has 0 heterocycles. The fourth-order valence-electron chi connectivity index (χ4n) is 1.34. The molecule has 0 bridgehead atoms. The molecule has 12 heavy (non-hydrogen) atoms. The average molecular weight is 168 g/mol. The lowest BCUT2D eigenvalue weighted by Gasteiger charge is -2.22. The van der Waals surface area contributed by atoms with E-state index in [1.165, 1.54) is 6.42 Å². The van der Waals surface area contributed by atoms with Crippen LogP contribution in [-0.4, -0.2) is 24.5 Å². The van der Waals surface area contributed by atoms with Gasteiger partial charge in [0.2, 0.25) is 0 Å². The summed E-state index contributed by atoms with van der Waals surface area (Å²) in [5.41, 5.74) is 0.